The first-order valence-electron chi connectivity index (χ1n) is 5.75. The minimum absolute atomic E-state index is 0.766. The molecule has 2 saturated heterocycles. The van der Waals surface area contributed by atoms with E-state index in [1.54, 1.807) is 0 Å². The van der Waals surface area contributed by atoms with Crippen molar-refractivity contribution in [1.82, 2.24) is 4.90 Å². The van der Waals surface area contributed by atoms with Crippen molar-refractivity contribution < 1.29 is 4.79 Å². The van der Waals surface area contributed by atoms with Gasteiger partial charge in [-0.1, -0.05) is 24.3 Å². The minimum atomic E-state index is 0.766. The fourth-order valence-corrected chi connectivity index (χ4v) is 4.11. The minimum Gasteiger partial charge on any atom is -0.298 e. The van der Waals surface area contributed by atoms with Crippen LogP contribution in [-0.2, 0) is 6.54 Å². The van der Waals surface area contributed by atoms with Crippen molar-refractivity contribution in [2.45, 2.75) is 24.3 Å². The molecule has 0 aliphatic carbocycles. The molecule has 2 fully saturated rings. The van der Waals surface area contributed by atoms with E-state index < -0.39 is 0 Å². The lowest BCUT2D eigenvalue weighted by molar-refractivity contribution is 0.112. The molecule has 2 unspecified atom stereocenters. The Morgan fingerprint density at radius 3 is 2.75 bits per heavy atom. The van der Waals surface area contributed by atoms with E-state index in [-0.39, 0.29) is 0 Å². The van der Waals surface area contributed by atoms with Gasteiger partial charge in [0.15, 0.2) is 0 Å². The molecule has 0 radical (unpaired) electrons. The Balaban J connectivity index is 1.67. The molecule has 2 bridgehead atoms. The van der Waals surface area contributed by atoms with Crippen molar-refractivity contribution in [3.8, 4) is 0 Å². The Kier molecular flexibility index (Phi) is 2.74. The van der Waals surface area contributed by atoms with Crippen molar-refractivity contribution in [2.24, 2.45) is 0 Å². The Bertz CT molecular complexity index is 389. The number of aldehydes is 1. The van der Waals surface area contributed by atoms with Gasteiger partial charge in [-0.2, -0.15) is 11.8 Å². The lowest BCUT2D eigenvalue weighted by Gasteiger charge is -2.26. The molecule has 1 aromatic carbocycles. The second-order valence-corrected chi connectivity index (χ2v) is 5.97. The highest BCUT2D eigenvalue weighted by Gasteiger charge is 2.37. The maximum Gasteiger partial charge on any atom is 0.150 e. The molecular weight excluding hydrogens is 218 g/mol. The average molecular weight is 233 g/mol. The highest BCUT2D eigenvalue weighted by molar-refractivity contribution is 8.00. The van der Waals surface area contributed by atoms with E-state index in [0.29, 0.717) is 0 Å². The lowest BCUT2D eigenvalue weighted by Crippen LogP contribution is -2.33. The molecule has 0 aromatic heterocycles. The first-order chi connectivity index (χ1) is 7.85. The standard InChI is InChI=1S/C13H15NOS/c15-8-11-3-1-10(2-4-11)6-14-7-13-5-12(14)9-16-13/h1-4,8,12-13H,5-7,9H2. The van der Waals surface area contributed by atoms with Gasteiger partial charge in [0, 0.05) is 35.7 Å². The highest BCUT2D eigenvalue weighted by Crippen LogP contribution is 2.37. The molecule has 0 saturated carbocycles. The van der Waals surface area contributed by atoms with Crippen LogP contribution in [0.5, 0.6) is 0 Å². The van der Waals surface area contributed by atoms with E-state index in [4.69, 9.17) is 0 Å². The number of carbonyl (C=O) groups is 1. The predicted octanol–water partition coefficient (Wildman–Crippen LogP) is 2.19. The van der Waals surface area contributed by atoms with Crippen LogP contribution in [0.2, 0.25) is 0 Å². The number of hydrogen-bond acceptors (Lipinski definition) is 3. The predicted molar refractivity (Wildman–Crippen MR) is 66.9 cm³/mol. The number of fused-ring (bicyclic) bond motifs is 2. The van der Waals surface area contributed by atoms with Crippen LogP contribution in [0.3, 0.4) is 0 Å². The molecule has 2 atom stereocenters. The van der Waals surface area contributed by atoms with Gasteiger partial charge in [0.2, 0.25) is 0 Å². The molecule has 2 heterocycles. The van der Waals surface area contributed by atoms with Crippen molar-refractivity contribution in [3.63, 3.8) is 0 Å². The Labute approximate surface area is 100 Å². The summed E-state index contributed by atoms with van der Waals surface area (Å²) in [4.78, 5) is 13.1. The molecule has 84 valence electrons. The molecule has 3 heteroatoms. The fraction of sp³-hybridized carbons (Fsp3) is 0.462. The molecule has 0 amide bonds. The SMILES string of the molecule is O=Cc1ccc(CN2CC3CC2CS3)cc1. The van der Waals surface area contributed by atoms with Crippen LogP contribution >= 0.6 is 11.8 Å². The van der Waals surface area contributed by atoms with Gasteiger partial charge in [-0.05, 0) is 12.0 Å². The van der Waals surface area contributed by atoms with Crippen molar-refractivity contribution >= 4 is 18.0 Å². The second kappa shape index (κ2) is 4.22. The summed E-state index contributed by atoms with van der Waals surface area (Å²) >= 11 is 2.12. The van der Waals surface area contributed by atoms with E-state index >= 15 is 0 Å². The van der Waals surface area contributed by atoms with E-state index in [0.717, 1.165) is 29.7 Å². The van der Waals surface area contributed by atoms with Crippen molar-refractivity contribution in [3.05, 3.63) is 35.4 Å². The lowest BCUT2D eigenvalue weighted by atomic mass is 10.1. The fourth-order valence-electron chi connectivity index (χ4n) is 2.61. The van der Waals surface area contributed by atoms with E-state index in [9.17, 15) is 4.79 Å². The molecule has 16 heavy (non-hydrogen) atoms. The van der Waals surface area contributed by atoms with Gasteiger partial charge in [-0.25, -0.2) is 0 Å². The first-order valence-corrected chi connectivity index (χ1v) is 6.80. The van der Waals surface area contributed by atoms with Gasteiger partial charge in [-0.3, -0.25) is 9.69 Å². The van der Waals surface area contributed by atoms with Crippen molar-refractivity contribution in [1.29, 1.82) is 0 Å². The Morgan fingerprint density at radius 2 is 2.19 bits per heavy atom. The van der Waals surface area contributed by atoms with Crippen LogP contribution in [0.15, 0.2) is 24.3 Å². The second-order valence-electron chi connectivity index (χ2n) is 4.63. The van der Waals surface area contributed by atoms with Gasteiger partial charge in [-0.15, -0.1) is 0 Å². The summed E-state index contributed by atoms with van der Waals surface area (Å²) in [5, 5.41) is 0.874. The summed E-state index contributed by atoms with van der Waals surface area (Å²) < 4.78 is 0. The average Bonchev–Trinajstić information content (AvgIpc) is 2.92. The maximum absolute atomic E-state index is 10.6. The summed E-state index contributed by atoms with van der Waals surface area (Å²) in [7, 11) is 0. The van der Waals surface area contributed by atoms with Crippen LogP contribution in [0, 0.1) is 0 Å². The largest absolute Gasteiger partial charge is 0.298 e. The number of carbonyl (C=O) groups excluding carboxylic acids is 1. The summed E-state index contributed by atoms with van der Waals surface area (Å²) in [6, 6.07) is 8.75. The van der Waals surface area contributed by atoms with Crippen molar-refractivity contribution in [2.75, 3.05) is 12.3 Å². The summed E-state index contributed by atoms with van der Waals surface area (Å²) in [6.07, 6.45) is 2.27. The molecule has 3 rings (SSSR count). The molecule has 1 aromatic rings. The topological polar surface area (TPSA) is 20.3 Å². The van der Waals surface area contributed by atoms with Gasteiger partial charge in [0.05, 0.1) is 0 Å². The zero-order chi connectivity index (χ0) is 11.0. The first kappa shape index (κ1) is 10.4. The van der Waals surface area contributed by atoms with Crippen LogP contribution in [0.4, 0.5) is 0 Å². The number of likely N-dealkylation sites (tertiary alicyclic amines) is 1. The quantitative estimate of drug-likeness (QED) is 0.746. The smallest absolute Gasteiger partial charge is 0.150 e. The van der Waals surface area contributed by atoms with Gasteiger partial charge in [0.1, 0.15) is 6.29 Å². The number of rotatable bonds is 3. The summed E-state index contributed by atoms with van der Waals surface area (Å²) in [6.45, 7) is 2.28. The number of nitrogens with zero attached hydrogens (tertiary/aromatic N) is 1. The zero-order valence-corrected chi connectivity index (χ0v) is 9.95. The summed E-state index contributed by atoms with van der Waals surface area (Å²) in [5.41, 5.74) is 2.09. The van der Waals surface area contributed by atoms with Gasteiger partial charge >= 0.3 is 0 Å². The molecule has 0 spiro atoms. The zero-order valence-electron chi connectivity index (χ0n) is 9.13. The van der Waals surface area contributed by atoms with Gasteiger partial charge < -0.3 is 0 Å². The Hall–Kier alpha value is -0.800. The highest BCUT2D eigenvalue weighted by atomic mass is 32.2. The Morgan fingerprint density at radius 1 is 1.38 bits per heavy atom. The maximum atomic E-state index is 10.6. The van der Waals surface area contributed by atoms with Gasteiger partial charge in [0.25, 0.3) is 0 Å². The molecule has 2 nitrogen and oxygen atoms in total. The van der Waals surface area contributed by atoms with Crippen LogP contribution in [0.25, 0.3) is 0 Å². The van der Waals surface area contributed by atoms with E-state index in [1.807, 2.05) is 12.1 Å². The van der Waals surface area contributed by atoms with Crippen LogP contribution in [0.1, 0.15) is 22.3 Å². The van der Waals surface area contributed by atoms with E-state index in [2.05, 4.69) is 28.8 Å². The third kappa shape index (κ3) is 1.89. The summed E-state index contributed by atoms with van der Waals surface area (Å²) in [5.74, 6) is 1.30. The molecule has 2 aliphatic heterocycles. The third-order valence-corrected chi connectivity index (χ3v) is 4.91. The monoisotopic (exact) mass is 233 g/mol. The molecule has 0 N–H and O–H groups in total. The van der Waals surface area contributed by atoms with Crippen LogP contribution in [-0.4, -0.2) is 34.8 Å². The molecular formula is C13H15NOS. The number of benzene rings is 1. The normalized spacial score (nSPS) is 28.5. The van der Waals surface area contributed by atoms with E-state index in [1.165, 1.54) is 24.3 Å². The third-order valence-electron chi connectivity index (χ3n) is 3.52. The number of hydrogen-bond donors (Lipinski definition) is 0. The molecule has 2 aliphatic rings. The van der Waals surface area contributed by atoms with Crippen LogP contribution < -0.4 is 0 Å². The number of thioether (sulfide) groups is 1.